The Labute approximate surface area is 110 Å². The molecule has 0 aliphatic heterocycles. The van der Waals surface area contributed by atoms with E-state index in [1.165, 1.54) is 25.3 Å². The fraction of sp³-hybridized carbons (Fsp3) is 0.538. The van der Waals surface area contributed by atoms with Crippen LogP contribution in [0.4, 0.5) is 4.39 Å². The van der Waals surface area contributed by atoms with Crippen LogP contribution in [0.1, 0.15) is 30.9 Å². The van der Waals surface area contributed by atoms with E-state index in [4.69, 9.17) is 4.74 Å². The van der Waals surface area contributed by atoms with Crippen LogP contribution in [0.3, 0.4) is 0 Å². The van der Waals surface area contributed by atoms with Crippen molar-refractivity contribution in [3.63, 3.8) is 0 Å². The molecule has 1 aliphatic carbocycles. The lowest BCUT2D eigenvalue weighted by Gasteiger charge is -2.27. The van der Waals surface area contributed by atoms with E-state index in [0.717, 1.165) is 22.5 Å². The summed E-state index contributed by atoms with van der Waals surface area (Å²) in [6.45, 7) is 0.824. The molecule has 0 N–H and O–H groups in total. The first-order valence-electron chi connectivity index (χ1n) is 5.72. The standard InChI is InChI=1S/C13H16FIO/c14-12-6-2-5-11(7-12)13(8-15)16-9-10-3-1-4-10/h2,5-7,10,13H,1,3-4,8-9H2. The topological polar surface area (TPSA) is 9.23 Å². The second-order valence-electron chi connectivity index (χ2n) is 4.33. The summed E-state index contributed by atoms with van der Waals surface area (Å²) >= 11 is 2.29. The molecule has 0 radical (unpaired) electrons. The zero-order valence-electron chi connectivity index (χ0n) is 9.16. The molecule has 88 valence electrons. The highest BCUT2D eigenvalue weighted by Gasteiger charge is 2.20. The fourth-order valence-electron chi connectivity index (χ4n) is 1.85. The zero-order valence-corrected chi connectivity index (χ0v) is 11.3. The third-order valence-electron chi connectivity index (χ3n) is 3.12. The Bertz CT molecular complexity index is 338. The van der Waals surface area contributed by atoms with Crippen molar-refractivity contribution in [2.45, 2.75) is 25.4 Å². The van der Waals surface area contributed by atoms with E-state index in [1.54, 1.807) is 12.1 Å². The van der Waals surface area contributed by atoms with Gasteiger partial charge in [-0.05, 0) is 36.5 Å². The third kappa shape index (κ3) is 3.17. The molecule has 1 aliphatic rings. The first-order chi connectivity index (χ1) is 7.79. The molecule has 1 nitrogen and oxygen atoms in total. The Balaban J connectivity index is 1.92. The monoisotopic (exact) mass is 334 g/mol. The van der Waals surface area contributed by atoms with E-state index >= 15 is 0 Å². The maximum absolute atomic E-state index is 13.1. The summed E-state index contributed by atoms with van der Waals surface area (Å²) in [6.07, 6.45) is 3.95. The van der Waals surface area contributed by atoms with Crippen LogP contribution in [0.5, 0.6) is 0 Å². The fourth-order valence-corrected chi connectivity index (χ4v) is 2.61. The minimum Gasteiger partial charge on any atom is -0.372 e. The van der Waals surface area contributed by atoms with Crippen molar-refractivity contribution >= 4 is 22.6 Å². The van der Waals surface area contributed by atoms with Crippen molar-refractivity contribution < 1.29 is 9.13 Å². The Morgan fingerprint density at radius 2 is 2.25 bits per heavy atom. The summed E-state index contributed by atoms with van der Waals surface area (Å²) in [6, 6.07) is 6.73. The Morgan fingerprint density at radius 3 is 2.81 bits per heavy atom. The molecule has 16 heavy (non-hydrogen) atoms. The molecule has 3 heteroatoms. The van der Waals surface area contributed by atoms with Gasteiger partial charge in [-0.3, -0.25) is 0 Å². The van der Waals surface area contributed by atoms with E-state index in [-0.39, 0.29) is 11.9 Å². The Kier molecular flexibility index (Phi) is 4.58. The molecule has 0 spiro atoms. The lowest BCUT2D eigenvalue weighted by atomic mass is 9.86. The summed E-state index contributed by atoms with van der Waals surface area (Å²) in [4.78, 5) is 0. The number of rotatable bonds is 5. The molecule has 1 atom stereocenters. The van der Waals surface area contributed by atoms with Crippen LogP contribution in [0.2, 0.25) is 0 Å². The third-order valence-corrected chi connectivity index (χ3v) is 3.92. The van der Waals surface area contributed by atoms with Gasteiger partial charge in [-0.1, -0.05) is 41.1 Å². The molecule has 0 bridgehead atoms. The van der Waals surface area contributed by atoms with Crippen molar-refractivity contribution in [2.75, 3.05) is 11.0 Å². The van der Waals surface area contributed by atoms with Crippen LogP contribution < -0.4 is 0 Å². The smallest absolute Gasteiger partial charge is 0.123 e. The summed E-state index contributed by atoms with van der Waals surface area (Å²) in [5.41, 5.74) is 0.953. The number of benzene rings is 1. The van der Waals surface area contributed by atoms with Gasteiger partial charge in [-0.2, -0.15) is 0 Å². The van der Waals surface area contributed by atoms with Crippen LogP contribution in [-0.2, 0) is 4.74 Å². The maximum Gasteiger partial charge on any atom is 0.123 e. The molecule has 0 heterocycles. The van der Waals surface area contributed by atoms with Gasteiger partial charge >= 0.3 is 0 Å². The molecule has 1 aromatic carbocycles. The van der Waals surface area contributed by atoms with Crippen LogP contribution in [0, 0.1) is 11.7 Å². The average Bonchev–Trinajstić information content (AvgIpc) is 2.22. The zero-order chi connectivity index (χ0) is 11.4. The summed E-state index contributed by atoms with van der Waals surface area (Å²) in [5, 5.41) is 0. The molecule has 0 aromatic heterocycles. The van der Waals surface area contributed by atoms with Gasteiger partial charge in [-0.25, -0.2) is 4.39 Å². The number of halogens is 2. The number of hydrogen-bond acceptors (Lipinski definition) is 1. The SMILES string of the molecule is Fc1cccc(C(CI)OCC2CCC2)c1. The van der Waals surface area contributed by atoms with E-state index in [0.29, 0.717) is 0 Å². The Hall–Kier alpha value is -0.160. The lowest BCUT2D eigenvalue weighted by Crippen LogP contribution is -2.20. The Morgan fingerprint density at radius 1 is 1.44 bits per heavy atom. The van der Waals surface area contributed by atoms with Crippen LogP contribution in [0.15, 0.2) is 24.3 Å². The van der Waals surface area contributed by atoms with Gasteiger partial charge in [0.05, 0.1) is 12.7 Å². The highest BCUT2D eigenvalue weighted by atomic mass is 127. The van der Waals surface area contributed by atoms with Crippen molar-refractivity contribution in [3.05, 3.63) is 35.6 Å². The van der Waals surface area contributed by atoms with Crippen LogP contribution in [-0.4, -0.2) is 11.0 Å². The minimum atomic E-state index is -0.181. The molecule has 1 saturated carbocycles. The molecular formula is C13H16FIO. The first-order valence-corrected chi connectivity index (χ1v) is 7.25. The van der Waals surface area contributed by atoms with Crippen molar-refractivity contribution in [3.8, 4) is 0 Å². The summed E-state index contributed by atoms with van der Waals surface area (Å²) in [5.74, 6) is 0.554. The largest absolute Gasteiger partial charge is 0.372 e. The number of ether oxygens (including phenoxy) is 1. The molecule has 1 unspecified atom stereocenters. The quantitative estimate of drug-likeness (QED) is 0.581. The first kappa shape index (κ1) is 12.3. The summed E-state index contributed by atoms with van der Waals surface area (Å²) < 4.78 is 19.8. The van der Waals surface area contributed by atoms with E-state index in [1.807, 2.05) is 6.07 Å². The molecule has 1 aromatic rings. The normalized spacial score (nSPS) is 18.1. The van der Waals surface area contributed by atoms with E-state index in [2.05, 4.69) is 22.6 Å². The highest BCUT2D eigenvalue weighted by molar-refractivity contribution is 14.1. The molecule has 1 fully saturated rings. The van der Waals surface area contributed by atoms with Gasteiger partial charge in [-0.15, -0.1) is 0 Å². The lowest BCUT2D eigenvalue weighted by molar-refractivity contribution is 0.0231. The molecular weight excluding hydrogens is 318 g/mol. The molecule has 0 saturated heterocycles. The predicted molar refractivity (Wildman–Crippen MR) is 71.3 cm³/mol. The van der Waals surface area contributed by atoms with E-state index < -0.39 is 0 Å². The molecule has 2 rings (SSSR count). The summed E-state index contributed by atoms with van der Waals surface area (Å²) in [7, 11) is 0. The van der Waals surface area contributed by atoms with Gasteiger partial charge in [0.15, 0.2) is 0 Å². The maximum atomic E-state index is 13.1. The van der Waals surface area contributed by atoms with Gasteiger partial charge in [0.2, 0.25) is 0 Å². The van der Waals surface area contributed by atoms with Gasteiger partial charge < -0.3 is 4.74 Å². The van der Waals surface area contributed by atoms with Gasteiger partial charge in [0.25, 0.3) is 0 Å². The van der Waals surface area contributed by atoms with E-state index in [9.17, 15) is 4.39 Å². The number of hydrogen-bond donors (Lipinski definition) is 0. The minimum absolute atomic E-state index is 0.0388. The second kappa shape index (κ2) is 5.96. The second-order valence-corrected chi connectivity index (χ2v) is 5.21. The van der Waals surface area contributed by atoms with Gasteiger partial charge in [0.1, 0.15) is 5.82 Å². The van der Waals surface area contributed by atoms with Crippen molar-refractivity contribution in [2.24, 2.45) is 5.92 Å². The van der Waals surface area contributed by atoms with Gasteiger partial charge in [0, 0.05) is 4.43 Å². The number of alkyl halides is 1. The highest BCUT2D eigenvalue weighted by Crippen LogP contribution is 2.29. The molecule has 0 amide bonds. The van der Waals surface area contributed by atoms with Crippen LogP contribution in [0.25, 0.3) is 0 Å². The van der Waals surface area contributed by atoms with Crippen molar-refractivity contribution in [1.82, 2.24) is 0 Å². The van der Waals surface area contributed by atoms with Crippen molar-refractivity contribution in [1.29, 1.82) is 0 Å². The predicted octanol–water partition coefficient (Wildman–Crippen LogP) is 4.12. The average molecular weight is 334 g/mol. The van der Waals surface area contributed by atoms with Crippen LogP contribution >= 0.6 is 22.6 Å².